The summed E-state index contributed by atoms with van der Waals surface area (Å²) in [5.41, 5.74) is 1.74. The molecule has 0 unspecified atom stereocenters. The molecular formula is C19H20N2O4. The Morgan fingerprint density at radius 3 is 2.48 bits per heavy atom. The molecule has 2 heterocycles. The van der Waals surface area contributed by atoms with Crippen molar-refractivity contribution in [1.29, 1.82) is 0 Å². The molecule has 0 aliphatic heterocycles. The molecule has 25 heavy (non-hydrogen) atoms. The highest BCUT2D eigenvalue weighted by molar-refractivity contribution is 6.00. The molecule has 3 aromatic rings. The van der Waals surface area contributed by atoms with E-state index < -0.39 is 11.7 Å². The minimum atomic E-state index is -1.26. The Bertz CT molecular complexity index is 1000. The van der Waals surface area contributed by atoms with Crippen molar-refractivity contribution in [2.24, 2.45) is 7.05 Å². The molecule has 0 amide bonds. The number of aromatic nitrogens is 2. The smallest absolute Gasteiger partial charge is 0.356 e. The van der Waals surface area contributed by atoms with E-state index in [0.717, 1.165) is 11.3 Å². The van der Waals surface area contributed by atoms with Gasteiger partial charge in [0.15, 0.2) is 11.4 Å². The van der Waals surface area contributed by atoms with Gasteiger partial charge in [0.1, 0.15) is 5.39 Å². The molecule has 1 aromatic carbocycles. The quantitative estimate of drug-likeness (QED) is 0.747. The zero-order valence-corrected chi connectivity index (χ0v) is 14.2. The van der Waals surface area contributed by atoms with Crippen LogP contribution in [0.2, 0.25) is 0 Å². The van der Waals surface area contributed by atoms with Crippen LogP contribution in [0.3, 0.4) is 0 Å². The third-order valence-electron chi connectivity index (χ3n) is 4.55. The summed E-state index contributed by atoms with van der Waals surface area (Å²) in [5.74, 6) is -1.73. The van der Waals surface area contributed by atoms with Crippen LogP contribution in [0.1, 0.15) is 28.7 Å². The predicted octanol–water partition coefficient (Wildman–Crippen LogP) is 2.55. The fourth-order valence-corrected chi connectivity index (χ4v) is 3.24. The lowest BCUT2D eigenvalue weighted by atomic mass is 10.1. The summed E-state index contributed by atoms with van der Waals surface area (Å²) in [5, 5.41) is 19.6. The second kappa shape index (κ2) is 6.47. The molecule has 0 spiro atoms. The molecule has 0 bridgehead atoms. The van der Waals surface area contributed by atoms with E-state index >= 15 is 0 Å². The Kier molecular flexibility index (Phi) is 4.35. The van der Waals surface area contributed by atoms with Crippen LogP contribution in [0, 0.1) is 0 Å². The molecule has 0 atom stereocenters. The standard InChI is InChI=1S/C19H20N2O4/c1-3-13-11-14-15(17(22)16(19(24)25)20(14)2)18(23)21(13)10-9-12-7-5-4-6-8-12/h4-8,11,22H,3,9-10H2,1-2H3,(H,24,25). The van der Waals surface area contributed by atoms with Crippen molar-refractivity contribution in [1.82, 2.24) is 9.13 Å². The zero-order chi connectivity index (χ0) is 18.1. The summed E-state index contributed by atoms with van der Waals surface area (Å²) in [7, 11) is 1.54. The number of nitrogens with zero attached hydrogens (tertiary/aromatic N) is 2. The normalized spacial score (nSPS) is 11.1. The number of hydrogen-bond acceptors (Lipinski definition) is 3. The van der Waals surface area contributed by atoms with Crippen LogP contribution in [0.25, 0.3) is 10.9 Å². The molecule has 2 aromatic heterocycles. The number of hydrogen-bond donors (Lipinski definition) is 2. The van der Waals surface area contributed by atoms with E-state index in [2.05, 4.69) is 0 Å². The Morgan fingerprint density at radius 2 is 1.88 bits per heavy atom. The van der Waals surface area contributed by atoms with E-state index in [1.54, 1.807) is 17.7 Å². The van der Waals surface area contributed by atoms with Crippen LogP contribution in [-0.4, -0.2) is 25.3 Å². The molecule has 2 N–H and O–H groups in total. The Labute approximate surface area is 144 Å². The number of benzene rings is 1. The lowest BCUT2D eigenvalue weighted by Crippen LogP contribution is -2.24. The number of carboxylic acid groups (broad SMARTS) is 1. The van der Waals surface area contributed by atoms with Crippen molar-refractivity contribution in [3.63, 3.8) is 0 Å². The molecule has 0 saturated carbocycles. The number of carboxylic acids is 1. The van der Waals surface area contributed by atoms with E-state index in [-0.39, 0.29) is 16.6 Å². The molecule has 130 valence electrons. The maximum atomic E-state index is 12.9. The van der Waals surface area contributed by atoms with Crippen LogP contribution in [-0.2, 0) is 26.4 Å². The van der Waals surface area contributed by atoms with Gasteiger partial charge < -0.3 is 19.3 Å². The number of pyridine rings is 1. The largest absolute Gasteiger partial charge is 0.505 e. The van der Waals surface area contributed by atoms with E-state index in [0.29, 0.717) is 24.9 Å². The van der Waals surface area contributed by atoms with Crippen LogP contribution < -0.4 is 5.56 Å². The number of aryl methyl sites for hydroxylation is 3. The molecular weight excluding hydrogens is 320 g/mol. The first-order valence-electron chi connectivity index (χ1n) is 8.17. The summed E-state index contributed by atoms with van der Waals surface area (Å²) < 4.78 is 2.98. The van der Waals surface area contributed by atoms with Crippen molar-refractivity contribution in [2.45, 2.75) is 26.3 Å². The number of fused-ring (bicyclic) bond motifs is 1. The van der Waals surface area contributed by atoms with Gasteiger partial charge in [-0.2, -0.15) is 0 Å². The molecule has 0 saturated heterocycles. The summed E-state index contributed by atoms with van der Waals surface area (Å²) in [4.78, 5) is 24.3. The predicted molar refractivity (Wildman–Crippen MR) is 95.3 cm³/mol. The van der Waals surface area contributed by atoms with Crippen molar-refractivity contribution in [2.75, 3.05) is 0 Å². The van der Waals surface area contributed by atoms with Gasteiger partial charge in [-0.25, -0.2) is 4.79 Å². The van der Waals surface area contributed by atoms with Gasteiger partial charge in [0.05, 0.1) is 5.52 Å². The summed E-state index contributed by atoms with van der Waals surface area (Å²) >= 11 is 0. The zero-order valence-electron chi connectivity index (χ0n) is 14.2. The highest BCUT2D eigenvalue weighted by Gasteiger charge is 2.24. The van der Waals surface area contributed by atoms with Gasteiger partial charge in [0.25, 0.3) is 5.56 Å². The highest BCUT2D eigenvalue weighted by atomic mass is 16.4. The van der Waals surface area contributed by atoms with Gasteiger partial charge in [0.2, 0.25) is 0 Å². The van der Waals surface area contributed by atoms with Crippen molar-refractivity contribution >= 4 is 16.9 Å². The van der Waals surface area contributed by atoms with Gasteiger partial charge in [-0.05, 0) is 24.5 Å². The summed E-state index contributed by atoms with van der Waals surface area (Å²) in [6.07, 6.45) is 1.31. The Morgan fingerprint density at radius 1 is 1.20 bits per heavy atom. The van der Waals surface area contributed by atoms with Crippen LogP contribution >= 0.6 is 0 Å². The van der Waals surface area contributed by atoms with Crippen LogP contribution in [0.4, 0.5) is 0 Å². The maximum absolute atomic E-state index is 12.9. The van der Waals surface area contributed by atoms with E-state index in [1.807, 2.05) is 37.3 Å². The van der Waals surface area contributed by atoms with Crippen LogP contribution in [0.5, 0.6) is 5.75 Å². The molecule has 0 aliphatic carbocycles. The van der Waals surface area contributed by atoms with Gasteiger partial charge in [-0.1, -0.05) is 37.3 Å². The van der Waals surface area contributed by atoms with Gasteiger partial charge in [-0.3, -0.25) is 4.79 Å². The summed E-state index contributed by atoms with van der Waals surface area (Å²) in [6, 6.07) is 11.6. The average molecular weight is 340 g/mol. The molecule has 0 aliphatic rings. The number of carbonyl (C=O) groups is 1. The monoisotopic (exact) mass is 340 g/mol. The van der Waals surface area contributed by atoms with Crippen molar-refractivity contribution in [3.8, 4) is 5.75 Å². The number of rotatable bonds is 5. The minimum Gasteiger partial charge on any atom is -0.505 e. The van der Waals surface area contributed by atoms with E-state index in [1.165, 1.54) is 4.57 Å². The fraction of sp³-hybridized carbons (Fsp3) is 0.263. The first kappa shape index (κ1) is 16.8. The molecule has 3 rings (SSSR count). The lowest BCUT2D eigenvalue weighted by molar-refractivity contribution is 0.0683. The van der Waals surface area contributed by atoms with Crippen molar-refractivity contribution in [3.05, 3.63) is 63.7 Å². The second-order valence-corrected chi connectivity index (χ2v) is 6.00. The Hall–Kier alpha value is -3.02. The second-order valence-electron chi connectivity index (χ2n) is 6.00. The fourth-order valence-electron chi connectivity index (χ4n) is 3.24. The van der Waals surface area contributed by atoms with E-state index in [9.17, 15) is 19.8 Å². The summed E-state index contributed by atoms with van der Waals surface area (Å²) in [6.45, 7) is 2.42. The molecule has 6 nitrogen and oxygen atoms in total. The van der Waals surface area contributed by atoms with Gasteiger partial charge in [0, 0.05) is 19.3 Å². The molecule has 0 radical (unpaired) electrons. The van der Waals surface area contributed by atoms with Gasteiger partial charge in [-0.15, -0.1) is 0 Å². The highest BCUT2D eigenvalue weighted by Crippen LogP contribution is 2.29. The van der Waals surface area contributed by atoms with Crippen LogP contribution in [0.15, 0.2) is 41.2 Å². The van der Waals surface area contributed by atoms with Gasteiger partial charge >= 0.3 is 5.97 Å². The molecule has 0 fully saturated rings. The minimum absolute atomic E-state index is 0.0603. The first-order valence-corrected chi connectivity index (χ1v) is 8.17. The first-order chi connectivity index (χ1) is 12.0. The number of aromatic carboxylic acids is 1. The number of aromatic hydroxyl groups is 1. The third kappa shape index (κ3) is 2.80. The average Bonchev–Trinajstić information content (AvgIpc) is 2.85. The van der Waals surface area contributed by atoms with E-state index in [4.69, 9.17) is 0 Å². The molecule has 6 heteroatoms. The SMILES string of the molecule is CCc1cc2c(c(O)c(C(=O)O)n2C)c(=O)n1CCc1ccccc1. The lowest BCUT2D eigenvalue weighted by Gasteiger charge is -2.13. The third-order valence-corrected chi connectivity index (χ3v) is 4.55. The topological polar surface area (TPSA) is 84.5 Å². The maximum Gasteiger partial charge on any atom is 0.356 e. The Balaban J connectivity index is 2.15. The van der Waals surface area contributed by atoms with Crippen molar-refractivity contribution < 1.29 is 15.0 Å².